The van der Waals surface area contributed by atoms with E-state index in [1.807, 2.05) is 11.1 Å². The zero-order valence-electron chi connectivity index (χ0n) is 63.3. The summed E-state index contributed by atoms with van der Waals surface area (Å²) in [6.45, 7) is 0. The molecule has 0 heterocycles. The average Bonchev–Trinajstić information content (AvgIpc) is 0.749. The Labute approximate surface area is 595 Å². The second kappa shape index (κ2) is 34.1. The van der Waals surface area contributed by atoms with E-state index in [2.05, 4.69) is 22.0 Å². The first kappa shape index (κ1) is 69.8. The molecule has 8 atom stereocenters. The van der Waals surface area contributed by atoms with Crippen LogP contribution in [0.2, 0.25) is 0 Å². The topological polar surface area (TPSA) is 6.48 Å². The Morgan fingerprint density at radius 2 is 0.406 bits per heavy atom. The Balaban J connectivity index is 0.502. The minimum absolute atomic E-state index is 0.887. The molecule has 0 bridgehead atoms. The van der Waals surface area contributed by atoms with Crippen LogP contribution in [-0.2, 0) is 0 Å². The highest BCUT2D eigenvalue weighted by Gasteiger charge is 2.55. The van der Waals surface area contributed by atoms with Crippen molar-refractivity contribution in [2.75, 3.05) is 0 Å². The summed E-state index contributed by atoms with van der Waals surface area (Å²) in [5, 5.41) is 0. The molecule has 16 rings (SSSR count). The predicted molar refractivity (Wildman–Crippen MR) is 408 cm³/mol. The van der Waals surface area contributed by atoms with E-state index in [1.165, 1.54) is 244 Å². The van der Waals surface area contributed by atoms with Gasteiger partial charge in [0.05, 0.1) is 0 Å². The largest absolute Gasteiger partial charge is 0.294 e. The van der Waals surface area contributed by atoms with Crippen molar-refractivity contribution in [1.82, 2.24) is 9.80 Å². The van der Waals surface area contributed by atoms with Crippen molar-refractivity contribution in [3.63, 3.8) is 0 Å². The molecule has 0 aromatic heterocycles. The minimum Gasteiger partial charge on any atom is -0.294 e. The van der Waals surface area contributed by atoms with Gasteiger partial charge in [0.15, 0.2) is 0 Å². The highest BCUT2D eigenvalue weighted by Crippen LogP contribution is 2.64. The maximum Gasteiger partial charge on any atom is 0.0102 e. The Bertz CT molecular complexity index is 2290. The van der Waals surface area contributed by atoms with E-state index < -0.39 is 0 Å². The lowest BCUT2D eigenvalue weighted by atomic mass is 9.45. The van der Waals surface area contributed by atoms with Gasteiger partial charge >= 0.3 is 0 Å². The van der Waals surface area contributed by atoms with Crippen LogP contribution in [0.4, 0.5) is 0 Å². The molecule has 0 radical (unpaired) electrons. The first-order valence-electron chi connectivity index (χ1n) is 46.6. The maximum atomic E-state index is 3.33. The third-order valence-electron chi connectivity index (χ3n) is 35.6. The van der Waals surface area contributed by atoms with Gasteiger partial charge in [-0.2, -0.15) is 0 Å². The van der Waals surface area contributed by atoms with Gasteiger partial charge in [0.2, 0.25) is 0 Å². The molecule has 2 heteroatoms. The van der Waals surface area contributed by atoms with Gasteiger partial charge in [-0.1, -0.05) is 158 Å². The van der Waals surface area contributed by atoms with E-state index in [0.717, 1.165) is 155 Å². The Morgan fingerprint density at radius 3 is 0.781 bits per heavy atom. The van der Waals surface area contributed by atoms with Crippen LogP contribution >= 0.6 is 0 Å². The van der Waals surface area contributed by atoms with Gasteiger partial charge in [0, 0.05) is 36.3 Å². The van der Waals surface area contributed by atoms with Gasteiger partial charge in [0.25, 0.3) is 0 Å². The molecule has 0 amide bonds. The number of hydrogen-bond acceptors (Lipinski definition) is 2. The highest BCUT2D eigenvalue weighted by molar-refractivity contribution is 5.17. The molecule has 16 aliphatic carbocycles. The Kier molecular flexibility index (Phi) is 24.8. The van der Waals surface area contributed by atoms with E-state index >= 15 is 0 Å². The van der Waals surface area contributed by atoms with Crippen LogP contribution < -0.4 is 0 Å². The Hall–Kier alpha value is -0.600. The van der Waals surface area contributed by atoms with Crippen molar-refractivity contribution in [3.8, 4) is 0 Å². The summed E-state index contributed by atoms with van der Waals surface area (Å²) in [5.74, 6) is 20.8. The van der Waals surface area contributed by atoms with Gasteiger partial charge < -0.3 is 0 Å². The number of allylic oxidation sites excluding steroid dienone is 4. The predicted octanol–water partition coefficient (Wildman–Crippen LogP) is 27.2. The van der Waals surface area contributed by atoms with Crippen LogP contribution in [0, 0.1) is 118 Å². The van der Waals surface area contributed by atoms with E-state index in [4.69, 9.17) is 0 Å². The number of nitrogens with zero attached hydrogens (tertiary/aromatic N) is 2. The molecule has 0 saturated heterocycles. The first-order valence-corrected chi connectivity index (χ1v) is 46.6. The lowest BCUT2D eigenvalue weighted by Crippen LogP contribution is -2.53. The summed E-state index contributed by atoms with van der Waals surface area (Å²) >= 11 is 0. The van der Waals surface area contributed by atoms with Crippen LogP contribution in [0.25, 0.3) is 0 Å². The van der Waals surface area contributed by atoms with Crippen molar-refractivity contribution >= 4 is 0 Å². The molecule has 16 saturated carbocycles. The minimum atomic E-state index is 0.887. The fourth-order valence-corrected chi connectivity index (χ4v) is 31.0. The molecule has 0 aliphatic heterocycles. The van der Waals surface area contributed by atoms with Crippen LogP contribution in [0.1, 0.15) is 411 Å². The summed E-state index contributed by atoms with van der Waals surface area (Å²) in [5.41, 5.74) is 4.02. The van der Waals surface area contributed by atoms with Gasteiger partial charge in [0.1, 0.15) is 0 Å². The maximum absolute atomic E-state index is 3.33. The fourth-order valence-electron chi connectivity index (χ4n) is 31.0. The second-order valence-corrected chi connectivity index (χ2v) is 40.1. The molecule has 542 valence electrons. The molecule has 0 aromatic carbocycles. The SMILES string of the molecule is C(=C(C1CCCCC1)C1CCCCC1)C1CCC(N(C2CCCCC2)C2CCC(C3CCC(C4CC5C6CCCC(C7CCC(C8CCC(N(C9CCCCC9)C9CCC(C=C(C%10CCCCC%10)C%10CCCCC%10)CC9)CC8)CC7)C6CCC5C5CCCCC45)CC3)CC2)CC1. The molecule has 2 nitrogen and oxygen atoms in total. The molecule has 8 unspecified atom stereocenters. The quantitative estimate of drug-likeness (QED) is 0.142. The van der Waals surface area contributed by atoms with Crippen molar-refractivity contribution in [2.45, 2.75) is 447 Å². The lowest BCUT2D eigenvalue weighted by Gasteiger charge is -2.60. The summed E-state index contributed by atoms with van der Waals surface area (Å²) in [6, 6.07) is 5.40. The summed E-state index contributed by atoms with van der Waals surface area (Å²) in [4.78, 5) is 6.67. The van der Waals surface area contributed by atoms with Gasteiger partial charge in [-0.3, -0.25) is 9.80 Å². The third-order valence-corrected chi connectivity index (χ3v) is 35.6. The van der Waals surface area contributed by atoms with Gasteiger partial charge in [-0.25, -0.2) is 0 Å². The molecular weight excluding hydrogens is 1160 g/mol. The molecule has 0 aromatic rings. The number of rotatable bonds is 16. The molecule has 0 spiro atoms. The van der Waals surface area contributed by atoms with Crippen LogP contribution in [0.15, 0.2) is 23.3 Å². The van der Waals surface area contributed by atoms with Crippen molar-refractivity contribution < 1.29 is 0 Å². The van der Waals surface area contributed by atoms with Crippen molar-refractivity contribution in [3.05, 3.63) is 23.3 Å². The molecule has 96 heavy (non-hydrogen) atoms. The summed E-state index contributed by atoms with van der Waals surface area (Å²) in [7, 11) is 0. The smallest absolute Gasteiger partial charge is 0.0102 e. The van der Waals surface area contributed by atoms with E-state index in [1.54, 1.807) is 167 Å². The Morgan fingerprint density at radius 1 is 0.167 bits per heavy atom. The van der Waals surface area contributed by atoms with Crippen LogP contribution in [0.3, 0.4) is 0 Å². The third kappa shape index (κ3) is 16.3. The number of fused-ring (bicyclic) bond motifs is 5. The fraction of sp³-hybridized carbons (Fsp3) is 0.957. The molecule has 0 N–H and O–H groups in total. The van der Waals surface area contributed by atoms with E-state index in [9.17, 15) is 0 Å². The standard InChI is InChI=1S/C94H156N2/c1-7-22-73(23-8-1)91(74-24-9-2-10-25-74)64-67-38-54-81(55-39-67)95(79-30-15-5-16-31-79)83-58-50-71(51-59-83)69-42-46-77(47-43-69)85-36-21-37-88-89(85)62-63-90-86-34-19-20-35-87(86)93(66-94(88)90)78-48-44-70(45-49-78)72-52-60-84(61-53-72)96(80-32-17-6-18-33-80)82-56-40-68(41-57-82)65-92(75-26-11-3-12-27-75)76-28-13-4-14-29-76/h64-65,67-90,93-94H,1-63,66H2. The van der Waals surface area contributed by atoms with Crippen LogP contribution in [0.5, 0.6) is 0 Å². The molecular formula is C94H156N2. The van der Waals surface area contributed by atoms with Gasteiger partial charge in [-0.15, -0.1) is 0 Å². The summed E-state index contributed by atoms with van der Waals surface area (Å²) < 4.78 is 0. The second-order valence-electron chi connectivity index (χ2n) is 40.1. The molecule has 16 aliphatic rings. The average molecular weight is 1310 g/mol. The highest BCUT2D eigenvalue weighted by atomic mass is 15.2. The van der Waals surface area contributed by atoms with Crippen LogP contribution in [-0.4, -0.2) is 46.1 Å². The zero-order chi connectivity index (χ0) is 64.0. The molecule has 16 fully saturated rings. The summed E-state index contributed by atoms with van der Waals surface area (Å²) in [6.07, 6.45) is 105. The monoisotopic (exact) mass is 1310 g/mol. The normalized spacial score (nSPS) is 43.0. The lowest BCUT2D eigenvalue weighted by molar-refractivity contribution is -0.106. The first-order chi connectivity index (χ1) is 47.6. The van der Waals surface area contributed by atoms with E-state index in [0.29, 0.717) is 0 Å². The van der Waals surface area contributed by atoms with Crippen molar-refractivity contribution in [1.29, 1.82) is 0 Å². The van der Waals surface area contributed by atoms with Gasteiger partial charge in [-0.05, 0) is 394 Å². The zero-order valence-corrected chi connectivity index (χ0v) is 63.3. The van der Waals surface area contributed by atoms with E-state index in [-0.39, 0.29) is 0 Å². The van der Waals surface area contributed by atoms with Crippen molar-refractivity contribution in [2.24, 2.45) is 118 Å². The number of hydrogen-bond donors (Lipinski definition) is 0.